The SMILES string of the molecule is COc1ccc(-c2c(Nc3ccno3)[nH]c3c(-c4ccccc4)c(-c4ccccc4)nn3c2=O)cc1. The van der Waals surface area contributed by atoms with Crippen LogP contribution in [0.4, 0.5) is 11.7 Å². The molecule has 36 heavy (non-hydrogen) atoms. The van der Waals surface area contributed by atoms with E-state index in [9.17, 15) is 4.79 Å². The van der Waals surface area contributed by atoms with E-state index >= 15 is 0 Å². The highest BCUT2D eigenvalue weighted by Gasteiger charge is 2.23. The van der Waals surface area contributed by atoms with E-state index in [0.717, 1.165) is 16.7 Å². The summed E-state index contributed by atoms with van der Waals surface area (Å²) in [4.78, 5) is 17.5. The summed E-state index contributed by atoms with van der Waals surface area (Å²) < 4.78 is 12.0. The Morgan fingerprint density at radius 3 is 2.14 bits per heavy atom. The van der Waals surface area contributed by atoms with Gasteiger partial charge in [-0.25, -0.2) is 0 Å². The number of nitrogens with one attached hydrogen (secondary N) is 2. The highest BCUT2D eigenvalue weighted by molar-refractivity contribution is 5.92. The van der Waals surface area contributed by atoms with Crippen LogP contribution in [0.25, 0.3) is 39.2 Å². The molecule has 0 unspecified atom stereocenters. The van der Waals surface area contributed by atoms with Crippen molar-refractivity contribution < 1.29 is 9.26 Å². The third kappa shape index (κ3) is 3.70. The first-order valence-corrected chi connectivity index (χ1v) is 11.3. The Balaban J connectivity index is 1.67. The first-order chi connectivity index (χ1) is 17.7. The molecule has 176 valence electrons. The number of benzene rings is 3. The van der Waals surface area contributed by atoms with E-state index in [0.29, 0.717) is 39.9 Å². The molecule has 2 N–H and O–H groups in total. The summed E-state index contributed by atoms with van der Waals surface area (Å²) in [5.74, 6) is 1.55. The summed E-state index contributed by atoms with van der Waals surface area (Å²) in [7, 11) is 1.60. The summed E-state index contributed by atoms with van der Waals surface area (Å²) in [6.07, 6.45) is 1.54. The topological polar surface area (TPSA) is 97.4 Å². The first kappa shape index (κ1) is 21.4. The van der Waals surface area contributed by atoms with Gasteiger partial charge in [-0.1, -0.05) is 78.0 Å². The molecule has 0 saturated carbocycles. The van der Waals surface area contributed by atoms with E-state index in [1.54, 1.807) is 13.2 Å². The molecule has 3 heterocycles. The molecular formula is C28H21N5O3. The van der Waals surface area contributed by atoms with Crippen LogP contribution in [0.1, 0.15) is 0 Å². The fraction of sp³-hybridized carbons (Fsp3) is 0.0357. The molecule has 3 aromatic carbocycles. The Morgan fingerprint density at radius 1 is 0.833 bits per heavy atom. The maximum absolute atomic E-state index is 14.0. The van der Waals surface area contributed by atoms with Crippen molar-refractivity contribution in [3.63, 3.8) is 0 Å². The highest BCUT2D eigenvalue weighted by Crippen LogP contribution is 2.36. The lowest BCUT2D eigenvalue weighted by Gasteiger charge is -2.12. The van der Waals surface area contributed by atoms with Gasteiger partial charge in [-0.05, 0) is 23.3 Å². The Bertz CT molecular complexity index is 1690. The molecule has 8 heteroatoms. The van der Waals surface area contributed by atoms with Gasteiger partial charge in [0.25, 0.3) is 5.56 Å². The van der Waals surface area contributed by atoms with Gasteiger partial charge in [0, 0.05) is 11.6 Å². The minimum atomic E-state index is -0.282. The molecule has 0 atom stereocenters. The van der Waals surface area contributed by atoms with Crippen LogP contribution in [0.15, 0.2) is 107 Å². The van der Waals surface area contributed by atoms with Gasteiger partial charge in [-0.3, -0.25) is 4.79 Å². The molecule has 0 spiro atoms. The maximum Gasteiger partial charge on any atom is 0.284 e. The molecule has 0 aliphatic heterocycles. The number of fused-ring (bicyclic) bond motifs is 1. The monoisotopic (exact) mass is 475 g/mol. The van der Waals surface area contributed by atoms with Crippen molar-refractivity contribution in [2.75, 3.05) is 12.4 Å². The summed E-state index contributed by atoms with van der Waals surface area (Å²) in [5, 5.41) is 11.8. The summed E-state index contributed by atoms with van der Waals surface area (Å²) in [6.45, 7) is 0. The molecule has 6 rings (SSSR count). The standard InChI is InChI=1S/C28H21N5O3/c1-35-21-14-12-19(13-15-21)24-26(30-22-16-17-29-36-22)31-27-23(18-8-4-2-5-9-18)25(32-33(27)28(24)34)20-10-6-3-7-11-20/h2-17,30-31H,1H3. The van der Waals surface area contributed by atoms with Crippen LogP contribution in [0.5, 0.6) is 5.75 Å². The Labute approximate surface area is 205 Å². The van der Waals surface area contributed by atoms with Crippen molar-refractivity contribution in [3.05, 3.63) is 108 Å². The fourth-order valence-corrected chi connectivity index (χ4v) is 4.27. The highest BCUT2D eigenvalue weighted by atomic mass is 16.5. The van der Waals surface area contributed by atoms with Gasteiger partial charge >= 0.3 is 0 Å². The summed E-state index contributed by atoms with van der Waals surface area (Å²) in [5.41, 5.74) is 4.74. The van der Waals surface area contributed by atoms with Crippen molar-refractivity contribution in [2.45, 2.75) is 0 Å². The van der Waals surface area contributed by atoms with Crippen molar-refractivity contribution in [1.29, 1.82) is 0 Å². The summed E-state index contributed by atoms with van der Waals surface area (Å²) >= 11 is 0. The van der Waals surface area contributed by atoms with Gasteiger partial charge in [-0.15, -0.1) is 0 Å². The molecule has 8 nitrogen and oxygen atoms in total. The van der Waals surface area contributed by atoms with Gasteiger partial charge in [0.05, 0.1) is 24.4 Å². The maximum atomic E-state index is 14.0. The number of methoxy groups -OCH3 is 1. The molecule has 0 fully saturated rings. The Kier molecular flexibility index (Phi) is 5.31. The van der Waals surface area contributed by atoms with E-state index in [1.165, 1.54) is 10.7 Å². The van der Waals surface area contributed by atoms with E-state index < -0.39 is 0 Å². The molecule has 0 bridgehead atoms. The molecule has 0 saturated heterocycles. The number of ether oxygens (including phenoxy) is 1. The second-order valence-corrected chi connectivity index (χ2v) is 8.13. The van der Waals surface area contributed by atoms with Crippen LogP contribution in [0.2, 0.25) is 0 Å². The third-order valence-corrected chi connectivity index (χ3v) is 5.96. The molecule has 0 amide bonds. The zero-order valence-corrected chi connectivity index (χ0v) is 19.3. The van der Waals surface area contributed by atoms with Gasteiger partial charge in [0.2, 0.25) is 5.88 Å². The molecule has 0 aliphatic carbocycles. The predicted octanol–water partition coefficient (Wildman–Crippen LogP) is 5.76. The smallest absolute Gasteiger partial charge is 0.284 e. The Hall–Kier alpha value is -5.11. The van der Waals surface area contributed by atoms with Crippen molar-refractivity contribution in [1.82, 2.24) is 19.8 Å². The lowest BCUT2D eigenvalue weighted by Crippen LogP contribution is -2.19. The van der Waals surface area contributed by atoms with Gasteiger partial charge < -0.3 is 19.6 Å². The van der Waals surface area contributed by atoms with Crippen LogP contribution in [0, 0.1) is 0 Å². The molecule has 3 aromatic heterocycles. The molecule has 0 radical (unpaired) electrons. The van der Waals surface area contributed by atoms with Crippen LogP contribution in [-0.2, 0) is 0 Å². The average Bonchev–Trinajstić information content (AvgIpc) is 3.58. The van der Waals surface area contributed by atoms with Gasteiger partial charge in [0.1, 0.15) is 22.9 Å². The number of anilines is 2. The second kappa shape index (κ2) is 8.92. The van der Waals surface area contributed by atoms with Gasteiger partial charge in [-0.2, -0.15) is 9.61 Å². The summed E-state index contributed by atoms with van der Waals surface area (Å²) in [6, 6.07) is 28.7. The molecule has 0 aliphatic rings. The van der Waals surface area contributed by atoms with Crippen LogP contribution < -0.4 is 15.6 Å². The zero-order chi connectivity index (χ0) is 24.5. The van der Waals surface area contributed by atoms with E-state index in [-0.39, 0.29) is 5.56 Å². The second-order valence-electron chi connectivity index (χ2n) is 8.13. The molecular weight excluding hydrogens is 454 g/mol. The van der Waals surface area contributed by atoms with Crippen LogP contribution >= 0.6 is 0 Å². The Morgan fingerprint density at radius 2 is 1.50 bits per heavy atom. The van der Waals surface area contributed by atoms with E-state index in [2.05, 4.69) is 15.5 Å². The fourth-order valence-electron chi connectivity index (χ4n) is 4.27. The number of hydrogen-bond acceptors (Lipinski definition) is 6. The van der Waals surface area contributed by atoms with E-state index in [4.69, 9.17) is 14.4 Å². The van der Waals surface area contributed by atoms with Crippen molar-refractivity contribution in [3.8, 4) is 39.3 Å². The zero-order valence-electron chi connectivity index (χ0n) is 19.3. The largest absolute Gasteiger partial charge is 0.497 e. The lowest BCUT2D eigenvalue weighted by molar-refractivity contribution is 0.415. The number of nitrogens with zero attached hydrogens (tertiary/aromatic N) is 3. The van der Waals surface area contributed by atoms with Crippen LogP contribution in [-0.4, -0.2) is 26.9 Å². The van der Waals surface area contributed by atoms with Crippen molar-refractivity contribution in [2.24, 2.45) is 0 Å². The quantitative estimate of drug-likeness (QED) is 0.318. The lowest BCUT2D eigenvalue weighted by atomic mass is 10.0. The number of aromatic nitrogens is 4. The number of hydrogen-bond donors (Lipinski definition) is 2. The third-order valence-electron chi connectivity index (χ3n) is 5.96. The van der Waals surface area contributed by atoms with Gasteiger partial charge in [0.15, 0.2) is 0 Å². The first-order valence-electron chi connectivity index (χ1n) is 11.3. The average molecular weight is 476 g/mol. The van der Waals surface area contributed by atoms with Crippen LogP contribution in [0.3, 0.4) is 0 Å². The minimum Gasteiger partial charge on any atom is -0.497 e. The number of rotatable bonds is 6. The normalized spacial score (nSPS) is 11.0. The minimum absolute atomic E-state index is 0.282. The predicted molar refractivity (Wildman–Crippen MR) is 138 cm³/mol. The number of H-pyrrole nitrogens is 1. The number of aromatic amines is 1. The van der Waals surface area contributed by atoms with E-state index in [1.807, 2.05) is 84.9 Å². The molecule has 6 aromatic rings. The van der Waals surface area contributed by atoms with Crippen molar-refractivity contribution >= 4 is 17.3 Å².